The van der Waals surface area contributed by atoms with Crippen molar-refractivity contribution in [1.29, 1.82) is 0 Å². The van der Waals surface area contributed by atoms with Gasteiger partial charge in [0, 0.05) is 34.3 Å². The van der Waals surface area contributed by atoms with Gasteiger partial charge in [0.05, 0.1) is 33.9 Å². The minimum absolute atomic E-state index is 0.101. The number of hydrogen-bond donors (Lipinski definition) is 3. The number of halogens is 6. The SMILES string of the molecule is CC(C)(O)c1cc([C@@](O)(CNC(=O)c2cc(Cl)c3nn(C4CC4)cc3c2)c2cccc(F)c2)nc(-c2cc(Cl)c(F)cc2F)c1F. The zero-order valence-corrected chi connectivity index (χ0v) is 25.9. The topological polar surface area (TPSA) is 100 Å². The number of nitrogens with zero attached hydrogens (tertiary/aromatic N) is 3. The molecule has 13 heteroatoms. The molecule has 1 atom stereocenters. The van der Waals surface area contributed by atoms with Crippen LogP contribution in [0.5, 0.6) is 0 Å². The van der Waals surface area contributed by atoms with Crippen LogP contribution >= 0.6 is 23.2 Å². The van der Waals surface area contributed by atoms with Crippen molar-refractivity contribution in [2.24, 2.45) is 0 Å². The fourth-order valence-electron chi connectivity index (χ4n) is 5.23. The van der Waals surface area contributed by atoms with Gasteiger partial charge < -0.3 is 15.5 Å². The summed E-state index contributed by atoms with van der Waals surface area (Å²) in [5, 5.41) is 30.5. The number of amides is 1. The number of carbonyl (C=O) groups excluding carboxylic acids is 1. The van der Waals surface area contributed by atoms with Gasteiger partial charge in [0.1, 0.15) is 34.3 Å². The van der Waals surface area contributed by atoms with Gasteiger partial charge in [0.25, 0.3) is 5.91 Å². The van der Waals surface area contributed by atoms with Crippen LogP contribution in [0.4, 0.5) is 17.6 Å². The Morgan fingerprint density at radius 2 is 1.74 bits per heavy atom. The first-order valence-corrected chi connectivity index (χ1v) is 14.9. The highest BCUT2D eigenvalue weighted by Gasteiger charge is 2.38. The van der Waals surface area contributed by atoms with Crippen LogP contribution in [0, 0.1) is 23.3 Å². The van der Waals surface area contributed by atoms with Gasteiger partial charge in [-0.05, 0) is 68.7 Å². The second kappa shape index (κ2) is 11.6. The Balaban J connectivity index is 1.45. The third-order valence-corrected chi connectivity index (χ3v) is 8.45. The maximum atomic E-state index is 15.9. The van der Waals surface area contributed by atoms with Crippen molar-refractivity contribution >= 4 is 40.0 Å². The predicted octanol–water partition coefficient (Wildman–Crippen LogP) is 7.19. The van der Waals surface area contributed by atoms with E-state index in [9.17, 15) is 23.8 Å². The number of fused-ring (bicyclic) bond motifs is 1. The van der Waals surface area contributed by atoms with Crippen molar-refractivity contribution in [2.45, 2.75) is 43.9 Å². The van der Waals surface area contributed by atoms with Crippen molar-refractivity contribution in [3.05, 3.63) is 116 Å². The summed E-state index contributed by atoms with van der Waals surface area (Å²) >= 11 is 12.3. The van der Waals surface area contributed by atoms with Crippen molar-refractivity contribution in [2.75, 3.05) is 6.54 Å². The Morgan fingerprint density at radius 1 is 1.00 bits per heavy atom. The van der Waals surface area contributed by atoms with Gasteiger partial charge >= 0.3 is 0 Å². The Kier molecular flexibility index (Phi) is 8.08. The maximum Gasteiger partial charge on any atom is 0.251 e. The smallest absolute Gasteiger partial charge is 0.251 e. The maximum absolute atomic E-state index is 15.9. The van der Waals surface area contributed by atoms with E-state index >= 15 is 8.78 Å². The zero-order chi connectivity index (χ0) is 33.1. The minimum Gasteiger partial charge on any atom is -0.386 e. The summed E-state index contributed by atoms with van der Waals surface area (Å²) in [7, 11) is 0. The van der Waals surface area contributed by atoms with Crippen LogP contribution < -0.4 is 5.32 Å². The molecule has 0 aliphatic heterocycles. The second-order valence-electron chi connectivity index (χ2n) is 11.8. The van der Waals surface area contributed by atoms with E-state index in [2.05, 4.69) is 15.4 Å². The molecule has 5 aromatic rings. The third-order valence-electron chi connectivity index (χ3n) is 7.88. The number of carbonyl (C=O) groups is 1. The highest BCUT2D eigenvalue weighted by Crippen LogP contribution is 2.39. The molecule has 0 saturated heterocycles. The summed E-state index contributed by atoms with van der Waals surface area (Å²) in [4.78, 5) is 17.6. The number of hydrogen-bond acceptors (Lipinski definition) is 5. The van der Waals surface area contributed by atoms with E-state index in [4.69, 9.17) is 23.2 Å². The molecule has 3 aromatic carbocycles. The van der Waals surface area contributed by atoms with Crippen LogP contribution in [0.2, 0.25) is 10.0 Å². The van der Waals surface area contributed by atoms with Crippen LogP contribution in [0.3, 0.4) is 0 Å². The van der Waals surface area contributed by atoms with E-state index in [1.807, 2.05) is 0 Å². The van der Waals surface area contributed by atoms with Crippen molar-refractivity contribution in [1.82, 2.24) is 20.1 Å². The van der Waals surface area contributed by atoms with E-state index in [-0.39, 0.29) is 27.9 Å². The molecular weight excluding hydrogens is 647 g/mol. The molecule has 0 bridgehead atoms. The Bertz CT molecular complexity index is 2030. The Labute approximate surface area is 270 Å². The van der Waals surface area contributed by atoms with Crippen LogP contribution in [0.25, 0.3) is 22.2 Å². The molecule has 238 valence electrons. The highest BCUT2D eigenvalue weighted by molar-refractivity contribution is 6.35. The largest absolute Gasteiger partial charge is 0.386 e. The first-order chi connectivity index (χ1) is 21.7. The molecule has 1 saturated carbocycles. The van der Waals surface area contributed by atoms with Crippen LogP contribution in [0.15, 0.2) is 60.8 Å². The fraction of sp³-hybridized carbons (Fsp3) is 0.242. The quantitative estimate of drug-likeness (QED) is 0.120. The van der Waals surface area contributed by atoms with Crippen molar-refractivity contribution < 1.29 is 32.6 Å². The fourth-order valence-corrected chi connectivity index (χ4v) is 5.66. The number of benzene rings is 3. The molecule has 1 amide bonds. The average Bonchev–Trinajstić information content (AvgIpc) is 3.75. The second-order valence-corrected chi connectivity index (χ2v) is 12.6. The van der Waals surface area contributed by atoms with Gasteiger partial charge in [-0.15, -0.1) is 0 Å². The van der Waals surface area contributed by atoms with E-state index < -0.39 is 68.8 Å². The summed E-state index contributed by atoms with van der Waals surface area (Å²) in [5.41, 5.74) is -5.78. The lowest BCUT2D eigenvalue weighted by molar-refractivity contribution is 0.0624. The minimum atomic E-state index is -2.37. The predicted molar refractivity (Wildman–Crippen MR) is 165 cm³/mol. The molecule has 2 heterocycles. The molecule has 1 fully saturated rings. The number of pyridine rings is 1. The number of aromatic nitrogens is 3. The van der Waals surface area contributed by atoms with Crippen LogP contribution in [0.1, 0.15) is 59.9 Å². The normalized spacial score (nSPS) is 14.8. The van der Waals surface area contributed by atoms with Crippen LogP contribution in [-0.2, 0) is 11.2 Å². The lowest BCUT2D eigenvalue weighted by atomic mass is 9.86. The summed E-state index contributed by atoms with van der Waals surface area (Å²) in [6.07, 6.45) is 3.78. The van der Waals surface area contributed by atoms with Gasteiger partial charge in [-0.25, -0.2) is 22.5 Å². The lowest BCUT2D eigenvalue weighted by Gasteiger charge is -2.31. The van der Waals surface area contributed by atoms with Crippen molar-refractivity contribution in [3.63, 3.8) is 0 Å². The van der Waals surface area contributed by atoms with Crippen molar-refractivity contribution in [3.8, 4) is 11.3 Å². The monoisotopic (exact) mass is 672 g/mol. The standard InChI is InChI=1S/C33H26Cl2F4N4O3/c1-32(2,45)22-12-27(41-30(28(22)39)21-11-23(34)26(38)13-25(21)37)33(46,18-4-3-5-19(36)10-18)15-40-31(44)16-8-17-14-43(20-6-7-20)42-29(17)24(35)9-16/h3-5,8-14,20,45-46H,6-7,15H2,1-2H3,(H,40,44)/t33-/m1/s1. The summed E-state index contributed by atoms with van der Waals surface area (Å²) in [6.45, 7) is 1.87. The zero-order valence-electron chi connectivity index (χ0n) is 24.4. The molecule has 3 N–H and O–H groups in total. The molecule has 2 aromatic heterocycles. The summed E-state index contributed by atoms with van der Waals surface area (Å²) in [6, 6.07) is 10.4. The number of rotatable bonds is 8. The van der Waals surface area contributed by atoms with Gasteiger partial charge in [-0.1, -0.05) is 35.3 Å². The van der Waals surface area contributed by atoms with Gasteiger partial charge in [0.15, 0.2) is 5.82 Å². The Hall–Kier alpha value is -4.03. The molecule has 6 rings (SSSR count). The average molecular weight is 673 g/mol. The number of aliphatic hydroxyl groups is 2. The van der Waals surface area contributed by atoms with Gasteiger partial charge in [-0.2, -0.15) is 5.10 Å². The number of nitrogens with one attached hydrogen (secondary N) is 1. The molecule has 1 aliphatic carbocycles. The summed E-state index contributed by atoms with van der Waals surface area (Å²) in [5.74, 6) is -4.89. The molecule has 0 radical (unpaired) electrons. The highest BCUT2D eigenvalue weighted by atomic mass is 35.5. The summed E-state index contributed by atoms with van der Waals surface area (Å²) < 4.78 is 61.2. The van der Waals surface area contributed by atoms with Gasteiger partial charge in [-0.3, -0.25) is 9.48 Å². The lowest BCUT2D eigenvalue weighted by Crippen LogP contribution is -2.43. The molecule has 7 nitrogen and oxygen atoms in total. The van der Waals surface area contributed by atoms with Crippen LogP contribution in [-0.4, -0.2) is 37.4 Å². The van der Waals surface area contributed by atoms with E-state index in [0.717, 1.165) is 37.1 Å². The molecular formula is C33H26Cl2F4N4O3. The van der Waals surface area contributed by atoms with E-state index in [1.165, 1.54) is 32.0 Å². The van der Waals surface area contributed by atoms with E-state index in [0.29, 0.717) is 17.0 Å². The first-order valence-electron chi connectivity index (χ1n) is 14.2. The van der Waals surface area contributed by atoms with Gasteiger partial charge in [0.2, 0.25) is 0 Å². The Morgan fingerprint density at radius 3 is 2.41 bits per heavy atom. The molecule has 0 spiro atoms. The molecule has 46 heavy (non-hydrogen) atoms. The molecule has 1 aliphatic rings. The molecule has 0 unspecified atom stereocenters. The third kappa shape index (κ3) is 5.95. The first kappa shape index (κ1) is 31.9. The van der Waals surface area contributed by atoms with E-state index in [1.54, 1.807) is 16.9 Å².